The van der Waals surface area contributed by atoms with Crippen molar-refractivity contribution in [2.24, 2.45) is 0 Å². The number of anilines is 1. The Balaban J connectivity index is 3.24. The minimum Gasteiger partial charge on any atom is -0.494 e. The molecule has 1 aromatic carbocycles. The van der Waals surface area contributed by atoms with Crippen LogP contribution in [-0.4, -0.2) is 32.2 Å². The second kappa shape index (κ2) is 5.05. The Hall–Kier alpha value is -1.46. The Morgan fingerprint density at radius 1 is 1.44 bits per heavy atom. The van der Waals surface area contributed by atoms with Crippen LogP contribution in [0.1, 0.15) is 10.4 Å². The van der Waals surface area contributed by atoms with Crippen molar-refractivity contribution in [1.29, 1.82) is 0 Å². The Morgan fingerprint density at radius 2 is 2.06 bits per heavy atom. The summed E-state index contributed by atoms with van der Waals surface area (Å²) in [6.45, 7) is 0. The van der Waals surface area contributed by atoms with Gasteiger partial charge >= 0.3 is 0 Å². The predicted molar refractivity (Wildman–Crippen MR) is 61.5 cm³/mol. The summed E-state index contributed by atoms with van der Waals surface area (Å²) in [4.78, 5) is 16.6. The Kier molecular flexibility index (Phi) is 3.98. The van der Waals surface area contributed by atoms with E-state index < -0.39 is 0 Å². The summed E-state index contributed by atoms with van der Waals surface area (Å²) in [5, 5.41) is 1.29. The minimum atomic E-state index is -0.360. The maximum atomic E-state index is 11.8. The molecule has 1 aromatic rings. The lowest BCUT2D eigenvalue weighted by Crippen LogP contribution is -2.25. The third-order valence-corrected chi connectivity index (χ3v) is 2.51. The summed E-state index contributed by atoms with van der Waals surface area (Å²) >= 11 is 5.93. The lowest BCUT2D eigenvalue weighted by atomic mass is 10.1. The first-order valence-corrected chi connectivity index (χ1v) is 4.84. The molecule has 0 aliphatic rings. The third-order valence-electron chi connectivity index (χ3n) is 2.12. The van der Waals surface area contributed by atoms with E-state index in [0.717, 1.165) is 5.06 Å². The maximum absolute atomic E-state index is 11.8. The summed E-state index contributed by atoms with van der Waals surface area (Å²) in [5.41, 5.74) is 6.26. The molecule has 0 unspecified atom stereocenters. The quantitative estimate of drug-likeness (QED) is 0.647. The molecule has 0 fully saturated rings. The molecule has 1 amide bonds. The summed E-state index contributed by atoms with van der Waals surface area (Å²) in [6, 6.07) is 3.08. The van der Waals surface area contributed by atoms with Gasteiger partial charge in [-0.3, -0.25) is 9.63 Å². The number of hydrogen-bond acceptors (Lipinski definition) is 4. The van der Waals surface area contributed by atoms with Gasteiger partial charge in [0.15, 0.2) is 5.75 Å². The minimum absolute atomic E-state index is 0.220. The highest BCUT2D eigenvalue weighted by Gasteiger charge is 2.20. The highest BCUT2D eigenvalue weighted by Crippen LogP contribution is 2.34. The first-order valence-electron chi connectivity index (χ1n) is 4.47. The third kappa shape index (κ3) is 2.20. The van der Waals surface area contributed by atoms with Crippen LogP contribution < -0.4 is 10.5 Å². The van der Waals surface area contributed by atoms with Crippen LogP contribution in [-0.2, 0) is 4.84 Å². The van der Waals surface area contributed by atoms with E-state index in [1.54, 1.807) is 6.07 Å². The van der Waals surface area contributed by atoms with E-state index in [1.807, 2.05) is 0 Å². The van der Waals surface area contributed by atoms with Crippen LogP contribution >= 0.6 is 11.6 Å². The number of nitrogen functional groups attached to an aromatic ring is 1. The van der Waals surface area contributed by atoms with E-state index in [4.69, 9.17) is 26.9 Å². The van der Waals surface area contributed by atoms with Gasteiger partial charge < -0.3 is 10.5 Å². The second-order valence-corrected chi connectivity index (χ2v) is 3.41. The molecule has 0 aromatic heterocycles. The van der Waals surface area contributed by atoms with Crippen molar-refractivity contribution < 1.29 is 14.4 Å². The molecule has 0 heterocycles. The largest absolute Gasteiger partial charge is 0.494 e. The van der Waals surface area contributed by atoms with Crippen molar-refractivity contribution in [3.8, 4) is 5.75 Å². The molecule has 0 aliphatic heterocycles. The van der Waals surface area contributed by atoms with Crippen LogP contribution in [0.5, 0.6) is 5.75 Å². The van der Waals surface area contributed by atoms with Gasteiger partial charge in [-0.1, -0.05) is 11.6 Å². The molecule has 16 heavy (non-hydrogen) atoms. The number of amides is 1. The van der Waals surface area contributed by atoms with Gasteiger partial charge in [-0.05, 0) is 12.1 Å². The van der Waals surface area contributed by atoms with E-state index >= 15 is 0 Å². The predicted octanol–water partition coefficient (Wildman–Crippen LogP) is 1.56. The molecule has 0 saturated carbocycles. The number of rotatable bonds is 3. The fraction of sp³-hybridized carbons (Fsp3) is 0.300. The molecule has 0 aliphatic carbocycles. The molecule has 0 saturated heterocycles. The van der Waals surface area contributed by atoms with E-state index in [9.17, 15) is 4.79 Å². The fourth-order valence-corrected chi connectivity index (χ4v) is 1.43. The van der Waals surface area contributed by atoms with Gasteiger partial charge in [-0.15, -0.1) is 0 Å². The number of nitrogens with two attached hydrogens (primary N) is 1. The molecular formula is C10H13ClN2O3. The van der Waals surface area contributed by atoms with Crippen molar-refractivity contribution in [3.63, 3.8) is 0 Å². The molecule has 0 bridgehead atoms. The van der Waals surface area contributed by atoms with Crippen LogP contribution in [0, 0.1) is 0 Å². The number of hydrogen-bond donors (Lipinski definition) is 1. The molecular weight excluding hydrogens is 232 g/mol. The van der Waals surface area contributed by atoms with Gasteiger partial charge in [0.25, 0.3) is 5.91 Å². The van der Waals surface area contributed by atoms with Crippen LogP contribution in [0.2, 0.25) is 5.02 Å². The number of carbonyl (C=O) groups is 1. The van der Waals surface area contributed by atoms with Crippen molar-refractivity contribution >= 4 is 23.2 Å². The van der Waals surface area contributed by atoms with E-state index in [0.29, 0.717) is 11.3 Å². The molecule has 0 radical (unpaired) electrons. The summed E-state index contributed by atoms with van der Waals surface area (Å²) in [6.07, 6.45) is 0. The topological polar surface area (TPSA) is 64.8 Å². The van der Waals surface area contributed by atoms with E-state index in [-0.39, 0.29) is 16.7 Å². The normalized spacial score (nSPS) is 10.0. The fourth-order valence-electron chi connectivity index (χ4n) is 1.19. The zero-order valence-corrected chi connectivity index (χ0v) is 10.0. The first-order chi connectivity index (χ1) is 7.52. The highest BCUT2D eigenvalue weighted by molar-refractivity contribution is 6.35. The zero-order valence-electron chi connectivity index (χ0n) is 9.28. The van der Waals surface area contributed by atoms with Crippen molar-refractivity contribution in [2.45, 2.75) is 0 Å². The zero-order chi connectivity index (χ0) is 12.3. The number of benzene rings is 1. The van der Waals surface area contributed by atoms with Crippen LogP contribution in [0.15, 0.2) is 12.1 Å². The number of nitrogens with zero attached hydrogens (tertiary/aromatic N) is 1. The maximum Gasteiger partial charge on any atom is 0.280 e. The Bertz CT molecular complexity index is 409. The van der Waals surface area contributed by atoms with Gasteiger partial charge in [0.2, 0.25) is 0 Å². The summed E-state index contributed by atoms with van der Waals surface area (Å²) in [5.74, 6) is -0.114. The average molecular weight is 245 g/mol. The molecule has 6 heteroatoms. The van der Waals surface area contributed by atoms with Gasteiger partial charge in [0.1, 0.15) is 5.02 Å². The number of carbonyl (C=O) groups excluding carboxylic acids is 1. The molecule has 0 spiro atoms. The van der Waals surface area contributed by atoms with Crippen molar-refractivity contribution in [2.75, 3.05) is 27.0 Å². The average Bonchev–Trinajstić information content (AvgIpc) is 2.30. The van der Waals surface area contributed by atoms with Gasteiger partial charge in [0.05, 0.1) is 25.5 Å². The lowest BCUT2D eigenvalue weighted by molar-refractivity contribution is -0.0758. The van der Waals surface area contributed by atoms with Crippen LogP contribution in [0.4, 0.5) is 5.69 Å². The number of methoxy groups -OCH3 is 1. The smallest absolute Gasteiger partial charge is 0.280 e. The first kappa shape index (κ1) is 12.6. The molecule has 5 nitrogen and oxygen atoms in total. The van der Waals surface area contributed by atoms with Crippen molar-refractivity contribution in [3.05, 3.63) is 22.7 Å². The molecule has 1 rings (SSSR count). The Labute approximate surface area is 98.6 Å². The standard InChI is InChI=1S/C10H13ClN2O3/c1-13(16-3)10(14)6-4-5-7(12)8(11)9(6)15-2/h4-5H,12H2,1-3H3. The molecule has 0 atom stereocenters. The monoisotopic (exact) mass is 244 g/mol. The molecule has 2 N–H and O–H groups in total. The van der Waals surface area contributed by atoms with Gasteiger partial charge in [-0.25, -0.2) is 5.06 Å². The highest BCUT2D eigenvalue weighted by atomic mass is 35.5. The summed E-state index contributed by atoms with van der Waals surface area (Å²) in [7, 11) is 4.31. The van der Waals surface area contributed by atoms with Crippen LogP contribution in [0.3, 0.4) is 0 Å². The summed E-state index contributed by atoms with van der Waals surface area (Å²) < 4.78 is 5.06. The van der Waals surface area contributed by atoms with Gasteiger partial charge in [0, 0.05) is 7.05 Å². The SMILES string of the molecule is COc1c(C(=O)N(C)OC)ccc(N)c1Cl. The Morgan fingerprint density at radius 3 is 2.56 bits per heavy atom. The van der Waals surface area contributed by atoms with E-state index in [2.05, 4.69) is 0 Å². The lowest BCUT2D eigenvalue weighted by Gasteiger charge is -2.16. The number of hydroxylamine groups is 2. The number of ether oxygens (including phenoxy) is 1. The van der Waals surface area contributed by atoms with E-state index in [1.165, 1.54) is 27.3 Å². The number of halogens is 1. The van der Waals surface area contributed by atoms with Crippen LogP contribution in [0.25, 0.3) is 0 Å². The second-order valence-electron chi connectivity index (χ2n) is 3.03. The van der Waals surface area contributed by atoms with Crippen molar-refractivity contribution in [1.82, 2.24) is 5.06 Å². The molecule has 88 valence electrons. The van der Waals surface area contributed by atoms with Gasteiger partial charge in [-0.2, -0.15) is 0 Å².